The van der Waals surface area contributed by atoms with Crippen LogP contribution < -0.4 is 4.90 Å². The third-order valence-corrected chi connectivity index (χ3v) is 5.89. The average Bonchev–Trinajstić information content (AvgIpc) is 2.57. The molecular weight excluding hydrogens is 322 g/mol. The molecule has 0 atom stereocenters. The molecule has 0 radical (unpaired) electrons. The van der Waals surface area contributed by atoms with Crippen molar-refractivity contribution >= 4 is 27.2 Å². The fourth-order valence-electron chi connectivity index (χ4n) is 3.02. The van der Waals surface area contributed by atoms with Crippen molar-refractivity contribution in [3.8, 4) is 0 Å². The standard InChI is InChI=1S/C18H15N3O2S/c1-12-7-8-14(13(2)11-12)21-17-15(5-3-9-19-17)24(22,23)16-6-4-10-20-18(16)21/h3-11H,1-2H3. The molecule has 2 aromatic heterocycles. The average molecular weight is 337 g/mol. The largest absolute Gasteiger partial charge is 0.277 e. The molecule has 6 heteroatoms. The minimum atomic E-state index is -3.63. The molecule has 3 heterocycles. The van der Waals surface area contributed by atoms with Crippen LogP contribution >= 0.6 is 0 Å². The number of hydrogen-bond donors (Lipinski definition) is 0. The van der Waals surface area contributed by atoms with Gasteiger partial charge in [0.15, 0.2) is 11.6 Å². The quantitative estimate of drug-likeness (QED) is 0.530. The zero-order valence-electron chi connectivity index (χ0n) is 13.3. The van der Waals surface area contributed by atoms with Crippen LogP contribution in [0.5, 0.6) is 0 Å². The summed E-state index contributed by atoms with van der Waals surface area (Å²) in [5.41, 5.74) is 3.04. The summed E-state index contributed by atoms with van der Waals surface area (Å²) in [7, 11) is -3.63. The lowest BCUT2D eigenvalue weighted by Gasteiger charge is -2.31. The Balaban J connectivity index is 2.09. The highest BCUT2D eigenvalue weighted by Gasteiger charge is 2.37. The highest BCUT2D eigenvalue weighted by atomic mass is 32.2. The maximum Gasteiger partial charge on any atom is 0.213 e. The van der Waals surface area contributed by atoms with Crippen LogP contribution in [0, 0.1) is 13.8 Å². The van der Waals surface area contributed by atoms with E-state index >= 15 is 0 Å². The van der Waals surface area contributed by atoms with Crippen LogP contribution in [0.25, 0.3) is 0 Å². The smallest absolute Gasteiger partial charge is 0.213 e. The van der Waals surface area contributed by atoms with Crippen LogP contribution in [0.1, 0.15) is 11.1 Å². The van der Waals surface area contributed by atoms with Crippen LogP contribution in [0.2, 0.25) is 0 Å². The Labute approximate surface area is 140 Å². The highest BCUT2D eigenvalue weighted by molar-refractivity contribution is 7.92. The topological polar surface area (TPSA) is 63.2 Å². The fraction of sp³-hybridized carbons (Fsp3) is 0.111. The predicted molar refractivity (Wildman–Crippen MR) is 91.6 cm³/mol. The summed E-state index contributed by atoms with van der Waals surface area (Å²) in [5, 5.41) is 0. The molecule has 1 aliphatic heterocycles. The van der Waals surface area contributed by atoms with Gasteiger partial charge in [0.1, 0.15) is 9.79 Å². The Kier molecular flexibility index (Phi) is 3.18. The van der Waals surface area contributed by atoms with Gasteiger partial charge >= 0.3 is 0 Å². The van der Waals surface area contributed by atoms with Crippen LogP contribution in [0.15, 0.2) is 64.6 Å². The van der Waals surface area contributed by atoms with Gasteiger partial charge in [0.2, 0.25) is 9.84 Å². The maximum atomic E-state index is 12.9. The second-order valence-corrected chi connectivity index (χ2v) is 7.67. The molecule has 1 aromatic carbocycles. The van der Waals surface area contributed by atoms with Crippen molar-refractivity contribution in [3.05, 3.63) is 66.0 Å². The lowest BCUT2D eigenvalue weighted by Crippen LogP contribution is -2.24. The monoisotopic (exact) mass is 337 g/mol. The molecule has 120 valence electrons. The molecule has 0 unspecified atom stereocenters. The van der Waals surface area contributed by atoms with E-state index in [2.05, 4.69) is 16.0 Å². The Bertz CT molecular complexity index is 1010. The normalized spacial score (nSPS) is 14.8. The first-order valence-corrected chi connectivity index (χ1v) is 9.01. The Morgan fingerprint density at radius 2 is 1.46 bits per heavy atom. The van der Waals surface area contributed by atoms with E-state index in [0.29, 0.717) is 11.6 Å². The molecule has 0 saturated carbocycles. The van der Waals surface area contributed by atoms with Crippen LogP contribution in [0.3, 0.4) is 0 Å². The minimum Gasteiger partial charge on any atom is -0.277 e. The summed E-state index contributed by atoms with van der Waals surface area (Å²) in [4.78, 5) is 10.9. The Hall–Kier alpha value is -2.73. The van der Waals surface area contributed by atoms with E-state index in [1.54, 1.807) is 36.7 Å². The number of rotatable bonds is 1. The minimum absolute atomic E-state index is 0.200. The molecule has 0 fully saturated rings. The number of hydrogen-bond acceptors (Lipinski definition) is 5. The van der Waals surface area contributed by atoms with Gasteiger partial charge in [0.05, 0.1) is 5.69 Å². The van der Waals surface area contributed by atoms with Crippen molar-refractivity contribution in [2.75, 3.05) is 4.90 Å². The van der Waals surface area contributed by atoms with Gasteiger partial charge in [-0.1, -0.05) is 17.7 Å². The van der Waals surface area contributed by atoms with E-state index in [9.17, 15) is 8.42 Å². The van der Waals surface area contributed by atoms with Gasteiger partial charge in [-0.05, 0) is 49.7 Å². The van der Waals surface area contributed by atoms with E-state index in [1.165, 1.54) is 0 Å². The van der Waals surface area contributed by atoms with Gasteiger partial charge in [0, 0.05) is 12.4 Å². The molecule has 0 bridgehead atoms. The van der Waals surface area contributed by atoms with Crippen LogP contribution in [-0.4, -0.2) is 18.4 Å². The second-order valence-electron chi connectivity index (χ2n) is 5.78. The molecule has 1 aliphatic rings. The van der Waals surface area contributed by atoms with Crippen LogP contribution in [-0.2, 0) is 9.84 Å². The van der Waals surface area contributed by atoms with Crippen molar-refractivity contribution < 1.29 is 8.42 Å². The summed E-state index contributed by atoms with van der Waals surface area (Å²) in [6.45, 7) is 4.02. The number of nitrogens with zero attached hydrogens (tertiary/aromatic N) is 3. The number of anilines is 3. The van der Waals surface area contributed by atoms with Crippen molar-refractivity contribution in [2.24, 2.45) is 0 Å². The molecule has 0 aliphatic carbocycles. The first kappa shape index (κ1) is 14.8. The summed E-state index contributed by atoms with van der Waals surface area (Å²) in [5.74, 6) is 0.770. The Morgan fingerprint density at radius 3 is 2.00 bits per heavy atom. The molecule has 0 spiro atoms. The van der Waals surface area contributed by atoms with Crippen molar-refractivity contribution in [1.82, 2.24) is 9.97 Å². The van der Waals surface area contributed by atoms with Gasteiger partial charge in [-0.15, -0.1) is 0 Å². The molecule has 24 heavy (non-hydrogen) atoms. The van der Waals surface area contributed by atoms with E-state index in [1.807, 2.05) is 30.9 Å². The molecular formula is C18H15N3O2S. The number of aromatic nitrogens is 2. The van der Waals surface area contributed by atoms with E-state index in [-0.39, 0.29) is 9.79 Å². The first-order chi connectivity index (χ1) is 11.5. The van der Waals surface area contributed by atoms with Crippen LogP contribution in [0.4, 0.5) is 17.3 Å². The Morgan fingerprint density at radius 1 is 0.875 bits per heavy atom. The first-order valence-electron chi connectivity index (χ1n) is 7.52. The van der Waals surface area contributed by atoms with Crippen molar-refractivity contribution in [1.29, 1.82) is 0 Å². The van der Waals surface area contributed by atoms with E-state index in [4.69, 9.17) is 0 Å². The van der Waals surface area contributed by atoms with Gasteiger partial charge in [-0.2, -0.15) is 0 Å². The fourth-order valence-corrected chi connectivity index (χ4v) is 4.54. The number of sulfone groups is 1. The third-order valence-electron chi connectivity index (χ3n) is 4.10. The molecule has 0 saturated heterocycles. The summed E-state index contributed by atoms with van der Waals surface area (Å²) >= 11 is 0. The van der Waals surface area contributed by atoms with Gasteiger partial charge in [-0.3, -0.25) is 4.90 Å². The summed E-state index contributed by atoms with van der Waals surface area (Å²) in [6, 6.07) is 12.5. The molecule has 3 aromatic rings. The van der Waals surface area contributed by atoms with E-state index < -0.39 is 9.84 Å². The number of pyridine rings is 2. The van der Waals surface area contributed by atoms with Gasteiger partial charge in [-0.25, -0.2) is 18.4 Å². The lowest BCUT2D eigenvalue weighted by atomic mass is 10.1. The van der Waals surface area contributed by atoms with Gasteiger partial charge < -0.3 is 0 Å². The SMILES string of the molecule is Cc1ccc(N2c3ncccc3S(=O)(=O)c3cccnc32)c(C)c1. The lowest BCUT2D eigenvalue weighted by molar-refractivity contribution is 0.594. The zero-order valence-corrected chi connectivity index (χ0v) is 14.1. The van der Waals surface area contributed by atoms with E-state index in [0.717, 1.165) is 16.8 Å². The maximum absolute atomic E-state index is 12.9. The van der Waals surface area contributed by atoms with Crippen molar-refractivity contribution in [3.63, 3.8) is 0 Å². The highest BCUT2D eigenvalue weighted by Crippen LogP contribution is 2.46. The molecule has 0 amide bonds. The second kappa shape index (κ2) is 5.14. The third kappa shape index (κ3) is 2.03. The summed E-state index contributed by atoms with van der Waals surface area (Å²) < 4.78 is 25.8. The predicted octanol–water partition coefficient (Wildman–Crippen LogP) is 3.71. The molecule has 5 nitrogen and oxygen atoms in total. The zero-order chi connectivity index (χ0) is 16.9. The van der Waals surface area contributed by atoms with Crippen molar-refractivity contribution in [2.45, 2.75) is 23.6 Å². The summed E-state index contributed by atoms with van der Waals surface area (Å²) in [6.07, 6.45) is 3.19. The van der Waals surface area contributed by atoms with Gasteiger partial charge in [0.25, 0.3) is 0 Å². The number of fused-ring (bicyclic) bond motifs is 2. The number of benzene rings is 1. The molecule has 4 rings (SSSR count). The molecule has 0 N–H and O–H groups in total. The number of aryl methyl sites for hydroxylation is 2.